The highest BCUT2D eigenvalue weighted by Crippen LogP contribution is 2.18. The lowest BCUT2D eigenvalue weighted by atomic mass is 10.2. The molecule has 0 radical (unpaired) electrons. The molecule has 0 fully saturated rings. The molecule has 0 bridgehead atoms. The summed E-state index contributed by atoms with van der Waals surface area (Å²) in [6, 6.07) is 0. The van der Waals surface area contributed by atoms with Crippen LogP contribution in [0.15, 0.2) is 11.0 Å². The zero-order chi connectivity index (χ0) is 13.3. The topological polar surface area (TPSA) is 63.6 Å². The van der Waals surface area contributed by atoms with Gasteiger partial charge in [0.2, 0.25) is 0 Å². The summed E-state index contributed by atoms with van der Waals surface area (Å²) in [6.07, 6.45) is 3.66. The van der Waals surface area contributed by atoms with Gasteiger partial charge >= 0.3 is 0 Å². The standard InChI is InChI=1S/C12H15IN4O/c1-4-5-9-10(13)12(18)15-11(14-9)8-6-17(3)16-7(8)2/h6H,4-5H2,1-3H3,(H,14,15,18). The van der Waals surface area contributed by atoms with Gasteiger partial charge < -0.3 is 4.98 Å². The Balaban J connectivity index is 2.59. The highest BCUT2D eigenvalue weighted by atomic mass is 127. The van der Waals surface area contributed by atoms with Gasteiger partial charge in [-0.3, -0.25) is 9.48 Å². The molecule has 0 atom stereocenters. The van der Waals surface area contributed by atoms with Crippen LogP contribution in [-0.2, 0) is 13.5 Å². The molecule has 0 saturated carbocycles. The molecule has 2 heterocycles. The van der Waals surface area contributed by atoms with E-state index < -0.39 is 0 Å². The van der Waals surface area contributed by atoms with Gasteiger partial charge in [-0.15, -0.1) is 0 Å². The van der Waals surface area contributed by atoms with Crippen molar-refractivity contribution in [3.05, 3.63) is 31.5 Å². The molecule has 0 saturated heterocycles. The zero-order valence-corrected chi connectivity index (χ0v) is 12.8. The number of hydrogen-bond donors (Lipinski definition) is 1. The number of aromatic amines is 1. The summed E-state index contributed by atoms with van der Waals surface area (Å²) in [7, 11) is 1.86. The Kier molecular flexibility index (Phi) is 3.84. The van der Waals surface area contributed by atoms with E-state index in [1.165, 1.54) is 0 Å². The Morgan fingerprint density at radius 1 is 1.50 bits per heavy atom. The van der Waals surface area contributed by atoms with Gasteiger partial charge in [-0.25, -0.2) is 4.98 Å². The second-order valence-electron chi connectivity index (χ2n) is 4.23. The number of halogens is 1. The van der Waals surface area contributed by atoms with Gasteiger partial charge in [0.1, 0.15) is 5.82 Å². The summed E-state index contributed by atoms with van der Waals surface area (Å²) >= 11 is 2.05. The first-order chi connectivity index (χ1) is 8.52. The Hall–Kier alpha value is -1.18. The number of H-pyrrole nitrogens is 1. The maximum atomic E-state index is 11.9. The van der Waals surface area contributed by atoms with E-state index >= 15 is 0 Å². The minimum Gasteiger partial charge on any atom is -0.305 e. The van der Waals surface area contributed by atoms with Crippen LogP contribution in [0.1, 0.15) is 24.7 Å². The molecule has 0 aliphatic heterocycles. The van der Waals surface area contributed by atoms with Crippen molar-refractivity contribution in [2.75, 3.05) is 0 Å². The summed E-state index contributed by atoms with van der Waals surface area (Å²) in [6.45, 7) is 3.99. The van der Waals surface area contributed by atoms with Crippen LogP contribution in [0.3, 0.4) is 0 Å². The SMILES string of the molecule is CCCc1nc(-c2cn(C)nc2C)[nH]c(=O)c1I. The molecular weight excluding hydrogens is 343 g/mol. The second-order valence-corrected chi connectivity index (χ2v) is 5.31. The Bertz CT molecular complexity index is 629. The van der Waals surface area contributed by atoms with Crippen LogP contribution in [0.5, 0.6) is 0 Å². The van der Waals surface area contributed by atoms with Crippen molar-refractivity contribution in [1.82, 2.24) is 19.7 Å². The molecule has 0 unspecified atom stereocenters. The van der Waals surface area contributed by atoms with Crippen LogP contribution in [-0.4, -0.2) is 19.7 Å². The van der Waals surface area contributed by atoms with Gasteiger partial charge in [0.25, 0.3) is 5.56 Å². The summed E-state index contributed by atoms with van der Waals surface area (Å²) in [5, 5.41) is 4.27. The Morgan fingerprint density at radius 3 is 2.78 bits per heavy atom. The van der Waals surface area contributed by atoms with Crippen molar-refractivity contribution >= 4 is 22.6 Å². The lowest BCUT2D eigenvalue weighted by molar-refractivity contribution is 0.756. The predicted octanol–water partition coefficient (Wildman–Crippen LogP) is 2.04. The average Bonchev–Trinajstić information content (AvgIpc) is 2.64. The van der Waals surface area contributed by atoms with Gasteiger partial charge in [0.05, 0.1) is 20.5 Å². The number of nitrogens with zero attached hydrogens (tertiary/aromatic N) is 3. The van der Waals surface area contributed by atoms with Gasteiger partial charge in [0.15, 0.2) is 0 Å². The van der Waals surface area contributed by atoms with Crippen LogP contribution >= 0.6 is 22.6 Å². The van der Waals surface area contributed by atoms with E-state index in [1.54, 1.807) is 4.68 Å². The lowest BCUT2D eigenvalue weighted by Gasteiger charge is -2.04. The third-order valence-corrected chi connectivity index (χ3v) is 3.80. The van der Waals surface area contributed by atoms with E-state index in [4.69, 9.17) is 0 Å². The van der Waals surface area contributed by atoms with Crippen LogP contribution in [0.4, 0.5) is 0 Å². The van der Waals surface area contributed by atoms with Gasteiger partial charge in [0, 0.05) is 13.2 Å². The molecule has 2 aromatic rings. The highest BCUT2D eigenvalue weighted by Gasteiger charge is 2.13. The van der Waals surface area contributed by atoms with Crippen molar-refractivity contribution in [2.24, 2.45) is 7.05 Å². The number of aryl methyl sites for hydroxylation is 3. The lowest BCUT2D eigenvalue weighted by Crippen LogP contribution is -2.16. The van der Waals surface area contributed by atoms with Crippen molar-refractivity contribution in [3.8, 4) is 11.4 Å². The van der Waals surface area contributed by atoms with Crippen LogP contribution in [0.2, 0.25) is 0 Å². The molecule has 6 heteroatoms. The number of rotatable bonds is 3. The van der Waals surface area contributed by atoms with Crippen LogP contribution in [0.25, 0.3) is 11.4 Å². The molecule has 0 amide bonds. The zero-order valence-electron chi connectivity index (χ0n) is 10.6. The quantitative estimate of drug-likeness (QED) is 0.855. The average molecular weight is 358 g/mol. The van der Waals surface area contributed by atoms with Crippen molar-refractivity contribution in [1.29, 1.82) is 0 Å². The Morgan fingerprint density at radius 2 is 2.22 bits per heavy atom. The summed E-state index contributed by atoms with van der Waals surface area (Å²) in [4.78, 5) is 19.3. The molecular formula is C12H15IN4O. The molecule has 5 nitrogen and oxygen atoms in total. The van der Waals surface area contributed by atoms with Gasteiger partial charge in [-0.05, 0) is 35.9 Å². The fourth-order valence-corrected chi connectivity index (χ4v) is 2.39. The maximum Gasteiger partial charge on any atom is 0.264 e. The third kappa shape index (κ3) is 2.47. The van der Waals surface area contributed by atoms with E-state index in [1.807, 2.05) is 20.2 Å². The largest absolute Gasteiger partial charge is 0.305 e. The minimum absolute atomic E-state index is 0.0766. The fraction of sp³-hybridized carbons (Fsp3) is 0.417. The predicted molar refractivity (Wildman–Crippen MR) is 78.5 cm³/mol. The van der Waals surface area contributed by atoms with E-state index in [0.717, 1.165) is 29.8 Å². The first kappa shape index (κ1) is 13.3. The van der Waals surface area contributed by atoms with Gasteiger partial charge in [-0.2, -0.15) is 5.10 Å². The monoisotopic (exact) mass is 358 g/mol. The number of nitrogens with one attached hydrogen (secondary N) is 1. The summed E-state index contributed by atoms with van der Waals surface area (Å²) in [5.41, 5.74) is 2.53. The first-order valence-corrected chi connectivity index (χ1v) is 6.90. The molecule has 2 rings (SSSR count). The maximum absolute atomic E-state index is 11.9. The first-order valence-electron chi connectivity index (χ1n) is 5.82. The minimum atomic E-state index is -0.0766. The molecule has 0 aromatic carbocycles. The summed E-state index contributed by atoms with van der Waals surface area (Å²) < 4.78 is 2.40. The van der Waals surface area contributed by atoms with E-state index in [2.05, 4.69) is 44.6 Å². The van der Waals surface area contributed by atoms with Crippen molar-refractivity contribution in [2.45, 2.75) is 26.7 Å². The van der Waals surface area contributed by atoms with Crippen LogP contribution < -0.4 is 5.56 Å². The Labute approximate surface area is 119 Å². The number of aromatic nitrogens is 4. The van der Waals surface area contributed by atoms with Crippen molar-refractivity contribution in [3.63, 3.8) is 0 Å². The fourth-order valence-electron chi connectivity index (χ4n) is 1.87. The molecule has 1 N–H and O–H groups in total. The molecule has 18 heavy (non-hydrogen) atoms. The van der Waals surface area contributed by atoms with E-state index in [0.29, 0.717) is 9.39 Å². The molecule has 2 aromatic heterocycles. The smallest absolute Gasteiger partial charge is 0.264 e. The van der Waals surface area contributed by atoms with E-state index in [-0.39, 0.29) is 5.56 Å². The third-order valence-electron chi connectivity index (χ3n) is 2.69. The molecule has 0 aliphatic rings. The molecule has 96 valence electrons. The molecule has 0 aliphatic carbocycles. The van der Waals surface area contributed by atoms with Crippen LogP contribution in [0, 0.1) is 10.5 Å². The van der Waals surface area contributed by atoms with Gasteiger partial charge in [-0.1, -0.05) is 13.3 Å². The number of hydrogen-bond acceptors (Lipinski definition) is 3. The normalized spacial score (nSPS) is 10.9. The second kappa shape index (κ2) is 5.21. The highest BCUT2D eigenvalue weighted by molar-refractivity contribution is 14.1. The molecule has 0 spiro atoms. The van der Waals surface area contributed by atoms with E-state index in [9.17, 15) is 4.79 Å². The van der Waals surface area contributed by atoms with Crippen molar-refractivity contribution < 1.29 is 0 Å². The summed E-state index contributed by atoms with van der Waals surface area (Å²) in [5.74, 6) is 0.606.